The minimum atomic E-state index is -0.848. The minimum absolute atomic E-state index is 0.140. The number of halogens is 3. The van der Waals surface area contributed by atoms with Gasteiger partial charge in [-0.05, 0) is 27.8 Å². The average Bonchev–Trinajstić information content (AvgIpc) is 2.46. The second-order valence-corrected chi connectivity index (χ2v) is 4.00. The largest absolute Gasteiger partial charge is 0.246 e. The Morgan fingerprint density at radius 3 is 1.89 bits per heavy atom. The second kappa shape index (κ2) is 5.71. The average molecular weight is 250 g/mol. The number of rotatable bonds is 4. The third kappa shape index (κ3) is 2.26. The Hall–Kier alpha value is -1.77. The molecule has 0 bridgehead atoms. The van der Waals surface area contributed by atoms with Crippen LogP contribution in [0.5, 0.6) is 0 Å². The molecule has 0 aliphatic rings. The fourth-order valence-electron chi connectivity index (χ4n) is 2.07. The first-order valence-corrected chi connectivity index (χ1v) is 5.68. The van der Waals surface area contributed by atoms with Gasteiger partial charge in [-0.25, -0.2) is 13.2 Å². The summed E-state index contributed by atoms with van der Waals surface area (Å²) >= 11 is 0. The van der Waals surface area contributed by atoms with Crippen molar-refractivity contribution in [1.29, 1.82) is 0 Å². The minimum Gasteiger partial charge on any atom is -0.246 e. The van der Waals surface area contributed by atoms with Crippen LogP contribution in [0.4, 0.5) is 13.2 Å². The van der Waals surface area contributed by atoms with Gasteiger partial charge in [0, 0.05) is 0 Å². The van der Waals surface area contributed by atoms with Gasteiger partial charge in [-0.15, -0.1) is 0 Å². The van der Waals surface area contributed by atoms with Crippen LogP contribution in [0.1, 0.15) is 16.7 Å². The predicted octanol–water partition coefficient (Wildman–Crippen LogP) is 4.76. The Morgan fingerprint density at radius 2 is 1.33 bits per heavy atom. The normalized spacial score (nSPS) is 10.6. The molecule has 0 unspecified atom stereocenters. The fourth-order valence-corrected chi connectivity index (χ4v) is 2.07. The van der Waals surface area contributed by atoms with Gasteiger partial charge in [-0.3, -0.25) is 0 Å². The van der Waals surface area contributed by atoms with Gasteiger partial charge in [0.2, 0.25) is 0 Å². The number of hydrogen-bond acceptors (Lipinski definition) is 0. The molecule has 2 aromatic carbocycles. The zero-order valence-corrected chi connectivity index (χ0v) is 9.80. The van der Waals surface area contributed by atoms with Gasteiger partial charge >= 0.3 is 0 Å². The summed E-state index contributed by atoms with van der Waals surface area (Å²) in [6.07, 6.45) is 0. The van der Waals surface area contributed by atoms with E-state index < -0.39 is 20.0 Å². The maximum absolute atomic E-state index is 13.1. The molecule has 0 atom stereocenters. The van der Waals surface area contributed by atoms with Crippen molar-refractivity contribution in [1.82, 2.24) is 0 Å². The molecule has 2 aromatic rings. The maximum Gasteiger partial charge on any atom is 0.115 e. The molecule has 0 aliphatic heterocycles. The summed E-state index contributed by atoms with van der Waals surface area (Å²) in [5.74, 6) is 0. The lowest BCUT2D eigenvalue weighted by Gasteiger charge is -2.13. The van der Waals surface area contributed by atoms with Crippen LogP contribution in [0.2, 0.25) is 0 Å². The van der Waals surface area contributed by atoms with Crippen LogP contribution in [-0.4, -0.2) is 0 Å². The Bertz CT molecular complexity index is 521. The molecule has 18 heavy (non-hydrogen) atoms. The molecule has 2 rings (SSSR count). The van der Waals surface area contributed by atoms with Gasteiger partial charge in [0.05, 0.1) is 0 Å². The number of alkyl halides is 3. The Balaban J connectivity index is 2.62. The summed E-state index contributed by atoms with van der Waals surface area (Å²) in [5.41, 5.74) is 2.05. The van der Waals surface area contributed by atoms with E-state index in [9.17, 15) is 13.2 Å². The highest BCUT2D eigenvalue weighted by Crippen LogP contribution is 2.30. The molecular weight excluding hydrogens is 237 g/mol. The standard InChI is InChI=1S/C15H13F3/c16-8-12-6-7-13(11-4-2-1-3-5-11)15(10-18)14(12)9-17/h1-7H,8-10H2. The van der Waals surface area contributed by atoms with Crippen molar-refractivity contribution in [2.75, 3.05) is 0 Å². The molecular formula is C15H13F3. The summed E-state index contributed by atoms with van der Waals surface area (Å²) in [6.45, 7) is -2.42. The summed E-state index contributed by atoms with van der Waals surface area (Å²) in [5, 5.41) is 0. The van der Waals surface area contributed by atoms with E-state index in [2.05, 4.69) is 0 Å². The summed E-state index contributed by atoms with van der Waals surface area (Å²) in [7, 11) is 0. The van der Waals surface area contributed by atoms with E-state index in [1.54, 1.807) is 6.07 Å². The Labute approximate surface area is 104 Å². The van der Waals surface area contributed by atoms with E-state index in [4.69, 9.17) is 0 Å². The summed E-state index contributed by atoms with van der Waals surface area (Å²) < 4.78 is 38.9. The van der Waals surface area contributed by atoms with Crippen LogP contribution < -0.4 is 0 Å². The van der Waals surface area contributed by atoms with Crippen molar-refractivity contribution in [3.63, 3.8) is 0 Å². The van der Waals surface area contributed by atoms with Crippen LogP contribution in [0.3, 0.4) is 0 Å². The molecule has 0 radical (unpaired) electrons. The van der Waals surface area contributed by atoms with Crippen molar-refractivity contribution >= 4 is 0 Å². The van der Waals surface area contributed by atoms with E-state index in [1.807, 2.05) is 30.3 Å². The summed E-state index contributed by atoms with van der Waals surface area (Å²) in [6, 6.07) is 12.3. The molecule has 0 saturated carbocycles. The Morgan fingerprint density at radius 1 is 0.667 bits per heavy atom. The Kier molecular flexibility index (Phi) is 4.03. The zero-order chi connectivity index (χ0) is 13.0. The quantitative estimate of drug-likeness (QED) is 0.733. The van der Waals surface area contributed by atoms with Crippen LogP contribution in [-0.2, 0) is 20.0 Å². The summed E-state index contributed by atoms with van der Waals surface area (Å²) in [4.78, 5) is 0. The molecule has 0 nitrogen and oxygen atoms in total. The monoisotopic (exact) mass is 250 g/mol. The third-order valence-corrected chi connectivity index (χ3v) is 3.02. The molecule has 0 spiro atoms. The van der Waals surface area contributed by atoms with E-state index in [1.165, 1.54) is 6.07 Å². The molecule has 0 heterocycles. The van der Waals surface area contributed by atoms with Crippen molar-refractivity contribution in [3.8, 4) is 11.1 Å². The van der Waals surface area contributed by atoms with E-state index >= 15 is 0 Å². The smallest absolute Gasteiger partial charge is 0.115 e. The first-order chi connectivity index (χ1) is 8.81. The number of hydrogen-bond donors (Lipinski definition) is 0. The maximum atomic E-state index is 13.1. The van der Waals surface area contributed by atoms with Crippen LogP contribution in [0.15, 0.2) is 42.5 Å². The molecule has 0 aromatic heterocycles. The fraction of sp³-hybridized carbons (Fsp3) is 0.200. The van der Waals surface area contributed by atoms with Crippen LogP contribution in [0.25, 0.3) is 11.1 Å². The van der Waals surface area contributed by atoms with Gasteiger partial charge in [0.1, 0.15) is 20.0 Å². The van der Waals surface area contributed by atoms with Crippen molar-refractivity contribution in [3.05, 3.63) is 59.2 Å². The topological polar surface area (TPSA) is 0 Å². The highest BCUT2D eigenvalue weighted by atomic mass is 19.1. The van der Waals surface area contributed by atoms with Gasteiger partial charge in [0.25, 0.3) is 0 Å². The second-order valence-electron chi connectivity index (χ2n) is 4.00. The van der Waals surface area contributed by atoms with Crippen molar-refractivity contribution in [2.45, 2.75) is 20.0 Å². The van der Waals surface area contributed by atoms with Crippen molar-refractivity contribution < 1.29 is 13.2 Å². The molecule has 0 saturated heterocycles. The first kappa shape index (κ1) is 12.7. The highest BCUT2D eigenvalue weighted by molar-refractivity contribution is 5.69. The predicted molar refractivity (Wildman–Crippen MR) is 66.3 cm³/mol. The molecule has 0 amide bonds. The lowest BCUT2D eigenvalue weighted by atomic mass is 9.93. The lowest BCUT2D eigenvalue weighted by Crippen LogP contribution is -1.99. The van der Waals surface area contributed by atoms with Crippen LogP contribution >= 0.6 is 0 Å². The molecule has 0 aliphatic carbocycles. The molecule has 3 heteroatoms. The number of benzene rings is 2. The van der Waals surface area contributed by atoms with E-state index in [-0.39, 0.29) is 16.7 Å². The SMILES string of the molecule is FCc1ccc(-c2ccccc2)c(CF)c1CF. The highest BCUT2D eigenvalue weighted by Gasteiger charge is 2.14. The third-order valence-electron chi connectivity index (χ3n) is 3.02. The van der Waals surface area contributed by atoms with Crippen LogP contribution in [0, 0.1) is 0 Å². The molecule has 0 fully saturated rings. The van der Waals surface area contributed by atoms with Gasteiger partial charge in [0.15, 0.2) is 0 Å². The van der Waals surface area contributed by atoms with E-state index in [0.29, 0.717) is 5.56 Å². The van der Waals surface area contributed by atoms with Gasteiger partial charge in [-0.1, -0.05) is 42.5 Å². The first-order valence-electron chi connectivity index (χ1n) is 5.68. The lowest BCUT2D eigenvalue weighted by molar-refractivity contribution is 0.437. The van der Waals surface area contributed by atoms with Crippen molar-refractivity contribution in [2.24, 2.45) is 0 Å². The van der Waals surface area contributed by atoms with E-state index in [0.717, 1.165) is 5.56 Å². The molecule has 0 N–H and O–H groups in total. The zero-order valence-electron chi connectivity index (χ0n) is 9.80. The van der Waals surface area contributed by atoms with Gasteiger partial charge < -0.3 is 0 Å². The van der Waals surface area contributed by atoms with Gasteiger partial charge in [-0.2, -0.15) is 0 Å². The molecule has 94 valence electrons.